The first-order chi connectivity index (χ1) is 7.41. The Labute approximate surface area is 104 Å². The molecule has 0 unspecified atom stereocenters. The van der Waals surface area contributed by atoms with E-state index in [1.54, 1.807) is 12.1 Å². The minimum absolute atomic E-state index is 0.120. The molecule has 0 amide bonds. The molecule has 0 heterocycles. The fourth-order valence-corrected chi connectivity index (χ4v) is 0.757. The normalized spacial score (nSPS) is 8.56. The van der Waals surface area contributed by atoms with Gasteiger partial charge in [0.25, 0.3) is 0 Å². The van der Waals surface area contributed by atoms with E-state index in [0.29, 0.717) is 5.69 Å². The molecule has 0 saturated heterocycles. The Balaban J connectivity index is 0.000000487. The maximum Gasteiger partial charge on any atom is 0.322 e. The molecule has 5 nitrogen and oxygen atoms in total. The van der Waals surface area contributed by atoms with Crippen molar-refractivity contribution in [2.24, 2.45) is 5.73 Å². The molecular weight excluding hydrogens is 248 g/mol. The molecule has 0 aliphatic carbocycles. The second-order valence-corrected chi connectivity index (χ2v) is 3.86. The van der Waals surface area contributed by atoms with Crippen molar-refractivity contribution in [2.45, 2.75) is 0 Å². The van der Waals surface area contributed by atoms with Crippen LogP contribution in [0.15, 0.2) is 24.3 Å². The molecule has 7 heteroatoms. The second-order valence-electron chi connectivity index (χ2n) is 2.63. The van der Waals surface area contributed by atoms with Gasteiger partial charge in [0.2, 0.25) is 0 Å². The van der Waals surface area contributed by atoms with E-state index in [9.17, 15) is 4.79 Å². The zero-order valence-corrected chi connectivity index (χ0v) is 9.96. The number of hydrogen-bond donors (Lipinski definition) is 5. The van der Waals surface area contributed by atoms with Gasteiger partial charge in [0.15, 0.2) is 0 Å². The number of phenols is 1. The molecule has 0 saturated carbocycles. The number of anilines is 1. The number of thiocarbonyl (C=S) groups is 1. The van der Waals surface area contributed by atoms with Crippen LogP contribution in [0.4, 0.5) is 5.69 Å². The van der Waals surface area contributed by atoms with Crippen LogP contribution in [0.1, 0.15) is 0 Å². The molecule has 0 radical (unpaired) electrons. The number of carboxylic acids is 1. The number of nitrogens with one attached hydrogen (secondary N) is 1. The van der Waals surface area contributed by atoms with Crippen molar-refractivity contribution < 1.29 is 15.0 Å². The predicted octanol–water partition coefficient (Wildman–Crippen LogP) is 1.05. The van der Waals surface area contributed by atoms with Crippen molar-refractivity contribution in [2.75, 3.05) is 11.9 Å². The second kappa shape index (κ2) is 7.77. The maximum atomic E-state index is 10.1. The van der Waals surface area contributed by atoms with Gasteiger partial charge in [-0.3, -0.25) is 4.79 Å². The molecule has 0 atom stereocenters. The zero-order valence-electron chi connectivity index (χ0n) is 8.25. The van der Waals surface area contributed by atoms with Gasteiger partial charge in [-0.25, -0.2) is 0 Å². The maximum absolute atomic E-state index is 10.1. The van der Waals surface area contributed by atoms with Gasteiger partial charge in [0, 0.05) is 5.69 Å². The summed E-state index contributed by atoms with van der Waals surface area (Å²) in [5, 5.41) is 19.9. The lowest BCUT2D eigenvalue weighted by Crippen LogP contribution is -2.11. The summed E-state index contributed by atoms with van der Waals surface area (Å²) in [5.41, 5.74) is 5.38. The number of carbonyl (C=O) groups is 1. The van der Waals surface area contributed by atoms with E-state index in [1.807, 2.05) is 0 Å². The largest absolute Gasteiger partial charge is 0.508 e. The lowest BCUT2D eigenvalue weighted by atomic mass is 10.3. The van der Waals surface area contributed by atoms with Gasteiger partial charge >= 0.3 is 5.97 Å². The number of aliphatic carboxylic acids is 1. The van der Waals surface area contributed by atoms with Crippen LogP contribution in [-0.4, -0.2) is 27.0 Å². The van der Waals surface area contributed by atoms with Crippen LogP contribution in [0, 0.1) is 0 Å². The van der Waals surface area contributed by atoms with E-state index in [2.05, 4.69) is 30.2 Å². The van der Waals surface area contributed by atoms with Crippen LogP contribution in [0.3, 0.4) is 0 Å². The molecule has 0 aromatic heterocycles. The number of thiol groups is 1. The molecule has 1 rings (SSSR count). The average molecular weight is 260 g/mol. The molecule has 0 bridgehead atoms. The highest BCUT2D eigenvalue weighted by Gasteiger charge is 1.95. The van der Waals surface area contributed by atoms with Crippen LogP contribution in [-0.2, 0) is 4.79 Å². The first kappa shape index (κ1) is 14.5. The molecule has 1 aromatic carbocycles. The summed E-state index contributed by atoms with van der Waals surface area (Å²) in [6.07, 6.45) is 0. The fraction of sp³-hybridized carbons (Fsp3) is 0.111. The summed E-state index contributed by atoms with van der Waals surface area (Å²) in [6, 6.07) is 6.20. The predicted molar refractivity (Wildman–Crippen MR) is 70.0 cm³/mol. The molecule has 0 aliphatic rings. The van der Waals surface area contributed by atoms with Crippen molar-refractivity contribution in [3.05, 3.63) is 24.3 Å². The molecule has 1 aromatic rings. The highest BCUT2D eigenvalue weighted by molar-refractivity contribution is 8.10. The van der Waals surface area contributed by atoms with E-state index in [0.717, 1.165) is 0 Å². The molecule has 0 spiro atoms. The first-order valence-corrected chi connectivity index (χ1v) is 5.00. The van der Waals surface area contributed by atoms with Gasteiger partial charge in [-0.05, 0) is 24.3 Å². The van der Waals surface area contributed by atoms with Gasteiger partial charge in [-0.1, -0.05) is 12.2 Å². The Morgan fingerprint density at radius 2 is 1.88 bits per heavy atom. The minimum Gasteiger partial charge on any atom is -0.508 e. The lowest BCUT2D eigenvalue weighted by molar-refractivity contribution is -0.134. The molecule has 5 N–H and O–H groups in total. The van der Waals surface area contributed by atoms with Gasteiger partial charge in [0.1, 0.15) is 16.6 Å². The van der Waals surface area contributed by atoms with Crippen LogP contribution in [0.2, 0.25) is 0 Å². The summed E-state index contributed by atoms with van der Waals surface area (Å²) in [5.74, 6) is -0.751. The number of carboxylic acid groups (broad SMARTS) is 1. The Kier molecular flexibility index (Phi) is 7.06. The smallest absolute Gasteiger partial charge is 0.322 e. The first-order valence-electron chi connectivity index (χ1n) is 4.15. The van der Waals surface area contributed by atoms with Crippen molar-refractivity contribution in [1.29, 1.82) is 0 Å². The van der Waals surface area contributed by atoms with Crippen molar-refractivity contribution in [3.63, 3.8) is 0 Å². The number of aromatic hydroxyl groups is 1. The third kappa shape index (κ3) is 9.10. The monoisotopic (exact) mass is 260 g/mol. The van der Waals surface area contributed by atoms with Crippen LogP contribution < -0.4 is 11.1 Å². The summed E-state index contributed by atoms with van der Waals surface area (Å²) < 4.78 is 0.194. The third-order valence-corrected chi connectivity index (χ3v) is 1.31. The zero-order chi connectivity index (χ0) is 12.6. The number of benzene rings is 1. The number of nitrogens with two attached hydrogens (primary N) is 1. The van der Waals surface area contributed by atoms with E-state index < -0.39 is 5.97 Å². The van der Waals surface area contributed by atoms with Crippen molar-refractivity contribution in [3.8, 4) is 5.75 Å². The molecule has 0 aliphatic heterocycles. The van der Waals surface area contributed by atoms with Gasteiger partial charge < -0.3 is 21.3 Å². The lowest BCUT2D eigenvalue weighted by Gasteiger charge is -2.01. The van der Waals surface area contributed by atoms with Crippen LogP contribution in [0.25, 0.3) is 0 Å². The van der Waals surface area contributed by atoms with Crippen molar-refractivity contribution in [1.82, 2.24) is 0 Å². The Hall–Kier alpha value is -1.47. The molecular formula is C9H12N2O3S2. The highest BCUT2D eigenvalue weighted by Crippen LogP contribution is 2.12. The minimum atomic E-state index is -0.914. The summed E-state index contributed by atoms with van der Waals surface area (Å²) >= 11 is 7.65. The summed E-state index contributed by atoms with van der Waals surface area (Å²) in [6.45, 7) is -0.120. The van der Waals surface area contributed by atoms with E-state index in [-0.39, 0.29) is 16.6 Å². The molecule has 16 heavy (non-hydrogen) atoms. The quantitative estimate of drug-likeness (QED) is 0.317. The Morgan fingerprint density at radius 1 is 1.44 bits per heavy atom. The van der Waals surface area contributed by atoms with Crippen LogP contribution in [0.5, 0.6) is 5.75 Å². The van der Waals surface area contributed by atoms with E-state index >= 15 is 0 Å². The van der Waals surface area contributed by atoms with E-state index in [4.69, 9.17) is 15.9 Å². The van der Waals surface area contributed by atoms with Gasteiger partial charge in [0.05, 0.1) is 0 Å². The fourth-order valence-electron chi connectivity index (χ4n) is 0.757. The summed E-state index contributed by atoms with van der Waals surface area (Å²) in [4.78, 5) is 10.1. The number of rotatable bonds is 3. The molecule has 0 fully saturated rings. The van der Waals surface area contributed by atoms with Gasteiger partial charge in [-0.15, -0.1) is 12.6 Å². The topological polar surface area (TPSA) is 95.6 Å². The SMILES string of the molecule is NC(=S)S.O=C(O)CNc1ccc(O)cc1. The molecule has 88 valence electrons. The number of hydrogen-bond acceptors (Lipinski definition) is 4. The number of phenolic OH excluding ortho intramolecular Hbond substituents is 1. The Morgan fingerprint density at radius 3 is 2.25 bits per heavy atom. The van der Waals surface area contributed by atoms with E-state index in [1.165, 1.54) is 12.1 Å². The van der Waals surface area contributed by atoms with Crippen molar-refractivity contribution >= 4 is 40.8 Å². The highest BCUT2D eigenvalue weighted by atomic mass is 32.1. The third-order valence-electron chi connectivity index (χ3n) is 1.31. The van der Waals surface area contributed by atoms with Gasteiger partial charge in [-0.2, -0.15) is 0 Å². The average Bonchev–Trinajstić information content (AvgIpc) is 2.16. The Bertz CT molecular complexity index is 350. The van der Waals surface area contributed by atoms with Crippen LogP contribution >= 0.6 is 24.8 Å². The summed E-state index contributed by atoms with van der Waals surface area (Å²) in [7, 11) is 0. The standard InChI is InChI=1S/C8H9NO3.CH3NS2/c10-7-3-1-6(2-4-7)9-5-8(11)12;2-1(3)4/h1-4,9-10H,5H2,(H,11,12);(H3,2,3,4).